The summed E-state index contributed by atoms with van der Waals surface area (Å²) >= 11 is 6.44. The van der Waals surface area contributed by atoms with E-state index in [-0.39, 0.29) is 37.2 Å². The van der Waals surface area contributed by atoms with Crippen LogP contribution in [0.5, 0.6) is 0 Å². The molecule has 51 heavy (non-hydrogen) atoms. The van der Waals surface area contributed by atoms with Crippen molar-refractivity contribution in [3.8, 4) is 0 Å². The van der Waals surface area contributed by atoms with Gasteiger partial charge < -0.3 is 20.6 Å². The summed E-state index contributed by atoms with van der Waals surface area (Å²) in [5.74, 6) is -2.08. The fourth-order valence-electron chi connectivity index (χ4n) is 6.69. The maximum atomic E-state index is 15.2. The molecule has 1 heterocycles. The number of fused-ring (bicyclic) bond motifs is 1. The van der Waals surface area contributed by atoms with Crippen molar-refractivity contribution >= 4 is 51.9 Å². The Kier molecular flexibility index (Phi) is 11.2. The summed E-state index contributed by atoms with van der Waals surface area (Å²) in [6, 6.07) is 23.2. The minimum atomic E-state index is -1.53. The van der Waals surface area contributed by atoms with Crippen LogP contribution in [0.4, 0.5) is 10.5 Å². The normalized spacial score (nSPS) is 18.8. The summed E-state index contributed by atoms with van der Waals surface area (Å²) in [6.07, 6.45) is -0.302. The van der Waals surface area contributed by atoms with Crippen molar-refractivity contribution in [2.75, 3.05) is 18.4 Å². The second-order valence-electron chi connectivity index (χ2n) is 13.8. The molecule has 5 rings (SSSR count). The molecule has 4 atom stereocenters. The molecule has 1 saturated heterocycles. The molecule has 0 saturated carbocycles. The number of quaternary nitrogens is 1. The van der Waals surface area contributed by atoms with Gasteiger partial charge in [-0.05, 0) is 93.3 Å². The van der Waals surface area contributed by atoms with Gasteiger partial charge in [-0.1, -0.05) is 72.3 Å². The molecule has 268 valence electrons. The van der Waals surface area contributed by atoms with Crippen molar-refractivity contribution in [1.82, 2.24) is 9.91 Å². The minimum absolute atomic E-state index is 0.0250. The van der Waals surface area contributed by atoms with Gasteiger partial charge in [0.15, 0.2) is 6.04 Å². The summed E-state index contributed by atoms with van der Waals surface area (Å²) in [5, 5.41) is 21.4. The van der Waals surface area contributed by atoms with E-state index in [2.05, 4.69) is 5.32 Å². The third-order valence-corrected chi connectivity index (χ3v) is 9.29. The van der Waals surface area contributed by atoms with Gasteiger partial charge in [0.2, 0.25) is 5.91 Å². The molecule has 4 aromatic carbocycles. The molecule has 0 spiro atoms. The zero-order chi connectivity index (χ0) is 37.1. The second kappa shape index (κ2) is 15.2. The molecule has 0 bridgehead atoms. The number of hydrogen-bond donors (Lipinski definition) is 2. The summed E-state index contributed by atoms with van der Waals surface area (Å²) in [4.78, 5) is 56.5. The topological polar surface area (TPSA) is 145 Å². The largest absolute Gasteiger partial charge is 0.604 e. The lowest BCUT2D eigenvalue weighted by Crippen LogP contribution is -2.64. The summed E-state index contributed by atoms with van der Waals surface area (Å²) in [5.41, 5.74) is 6.81. The van der Waals surface area contributed by atoms with Crippen molar-refractivity contribution in [3.63, 3.8) is 0 Å². The van der Waals surface area contributed by atoms with E-state index >= 15 is 5.21 Å². The van der Waals surface area contributed by atoms with E-state index in [1.807, 2.05) is 42.5 Å². The van der Waals surface area contributed by atoms with Crippen molar-refractivity contribution in [2.45, 2.75) is 71.2 Å². The smallest absolute Gasteiger partial charge is 0.412 e. The van der Waals surface area contributed by atoms with Crippen LogP contribution in [0.1, 0.15) is 68.6 Å². The number of benzene rings is 4. The fourth-order valence-corrected chi connectivity index (χ4v) is 6.89. The van der Waals surface area contributed by atoms with Crippen LogP contribution in [0, 0.1) is 5.21 Å². The van der Waals surface area contributed by atoms with Crippen molar-refractivity contribution < 1.29 is 28.7 Å². The molecule has 0 aliphatic carbocycles. The van der Waals surface area contributed by atoms with Crippen LogP contribution in [0.25, 0.3) is 10.8 Å². The molecule has 1 aliphatic heterocycles. The van der Waals surface area contributed by atoms with Gasteiger partial charge in [0, 0.05) is 23.7 Å². The number of hydrogen-bond acceptors (Lipinski definition) is 7. The lowest BCUT2D eigenvalue weighted by molar-refractivity contribution is -0.929. The molecular formula is C39H44ClN5O6. The highest BCUT2D eigenvalue weighted by molar-refractivity contribution is 6.30. The lowest BCUT2D eigenvalue weighted by atomic mass is 9.96. The van der Waals surface area contributed by atoms with E-state index in [0.717, 1.165) is 16.3 Å². The first-order valence-corrected chi connectivity index (χ1v) is 17.4. The van der Waals surface area contributed by atoms with Gasteiger partial charge in [0.25, 0.3) is 5.91 Å². The molecule has 11 nitrogen and oxygen atoms in total. The molecule has 4 aromatic rings. The Hall–Kier alpha value is -4.81. The van der Waals surface area contributed by atoms with Crippen molar-refractivity contribution in [1.29, 1.82) is 0 Å². The number of carbonyl (C=O) groups is 4. The molecule has 12 heteroatoms. The highest BCUT2D eigenvalue weighted by Crippen LogP contribution is 2.38. The fraction of sp³-hybridized carbons (Fsp3) is 0.333. The van der Waals surface area contributed by atoms with Gasteiger partial charge in [0.05, 0.1) is 11.6 Å². The van der Waals surface area contributed by atoms with Gasteiger partial charge >= 0.3 is 12.0 Å². The quantitative estimate of drug-likeness (QED) is 0.140. The van der Waals surface area contributed by atoms with Crippen LogP contribution in [-0.4, -0.2) is 69.3 Å². The van der Waals surface area contributed by atoms with Gasteiger partial charge in [0.1, 0.15) is 18.2 Å². The number of ether oxygens (including phenoxy) is 1. The van der Waals surface area contributed by atoms with E-state index in [4.69, 9.17) is 22.1 Å². The lowest BCUT2D eigenvalue weighted by Gasteiger charge is -2.50. The van der Waals surface area contributed by atoms with Crippen LogP contribution in [-0.2, 0) is 20.7 Å². The number of nitrogens with one attached hydrogen (secondary N) is 1. The number of nitrogens with two attached hydrogens (primary N) is 1. The average molecular weight is 714 g/mol. The Labute approximate surface area is 303 Å². The number of halogens is 1. The predicted molar refractivity (Wildman–Crippen MR) is 197 cm³/mol. The van der Waals surface area contributed by atoms with Crippen molar-refractivity contribution in [2.24, 2.45) is 5.73 Å². The van der Waals surface area contributed by atoms with Crippen molar-refractivity contribution in [3.05, 3.63) is 118 Å². The van der Waals surface area contributed by atoms with Crippen LogP contribution in [0.15, 0.2) is 91.0 Å². The van der Waals surface area contributed by atoms with Crippen LogP contribution in [0.2, 0.25) is 5.02 Å². The summed E-state index contributed by atoms with van der Waals surface area (Å²) in [7, 11) is 0. The Bertz CT molecular complexity index is 1940. The van der Waals surface area contributed by atoms with Gasteiger partial charge in [-0.2, -0.15) is 0 Å². The van der Waals surface area contributed by atoms with Gasteiger partial charge in [-0.3, -0.25) is 14.9 Å². The molecule has 0 aromatic heterocycles. The first-order valence-electron chi connectivity index (χ1n) is 17.0. The third-order valence-electron chi connectivity index (χ3n) is 9.06. The van der Waals surface area contributed by atoms with E-state index in [1.54, 1.807) is 71.0 Å². The number of carbonyl (C=O) groups excluding carboxylic acids is 4. The zero-order valence-electron chi connectivity index (χ0n) is 29.5. The van der Waals surface area contributed by atoms with Crippen LogP contribution in [0.3, 0.4) is 0 Å². The first-order chi connectivity index (χ1) is 24.1. The predicted octanol–water partition coefficient (Wildman–Crippen LogP) is 6.99. The van der Waals surface area contributed by atoms with E-state index in [1.165, 1.54) is 22.0 Å². The SMILES string of the molecule is CC[N+]([O-])(C(=O)c1cccc(NC(=O)OC(C)(C)C)c1)N1[C@H](C)CCN([C@H](Cc2cccc3ccccc23)C(N)=O)C(=O)[C@@H]1c1cccc(Cl)c1. The number of nitrogens with zero attached hydrogens (tertiary/aromatic N) is 3. The van der Waals surface area contributed by atoms with Gasteiger partial charge in [-0.15, -0.1) is 5.01 Å². The molecule has 1 unspecified atom stereocenters. The Morgan fingerprint density at radius 2 is 1.71 bits per heavy atom. The Balaban J connectivity index is 1.56. The molecule has 3 N–H and O–H groups in total. The number of hydroxylamine groups is 2. The maximum absolute atomic E-state index is 15.2. The van der Waals surface area contributed by atoms with Crippen LogP contribution < -0.4 is 11.1 Å². The molecule has 4 amide bonds. The molecule has 1 fully saturated rings. The molecule has 1 aliphatic rings. The van der Waals surface area contributed by atoms with E-state index in [9.17, 15) is 19.2 Å². The van der Waals surface area contributed by atoms with E-state index in [0.29, 0.717) is 10.6 Å². The maximum Gasteiger partial charge on any atom is 0.412 e. The molecular weight excluding hydrogens is 670 g/mol. The highest BCUT2D eigenvalue weighted by Gasteiger charge is 2.50. The van der Waals surface area contributed by atoms with E-state index < -0.39 is 52.3 Å². The standard InChI is InChI=1S/C39H44ClN5O6/c1-6-45(50,37(48)29-16-11-18-31(23-29)42-38(49)51-39(3,4)5)44-25(2)20-21-43(36(47)34(44)28-15-10-17-30(40)22-28)33(35(41)46)24-27-14-9-13-26-12-7-8-19-32(26)27/h7-19,22-23,25,33-34H,6,20-21,24H2,1-5H3,(H2,41,46)(H,42,49)/t25-,33-,34+,45?/m1/s1. The third kappa shape index (κ3) is 8.23. The number of anilines is 1. The highest BCUT2D eigenvalue weighted by atomic mass is 35.5. The molecule has 0 radical (unpaired) electrons. The Morgan fingerprint density at radius 1 is 1.02 bits per heavy atom. The summed E-state index contributed by atoms with van der Waals surface area (Å²) < 4.78 is 3.82. The van der Waals surface area contributed by atoms with Gasteiger partial charge in [-0.25, -0.2) is 14.3 Å². The number of amides is 4. The average Bonchev–Trinajstić information content (AvgIpc) is 3.21. The monoisotopic (exact) mass is 713 g/mol. The second-order valence-corrected chi connectivity index (χ2v) is 14.2. The minimum Gasteiger partial charge on any atom is -0.604 e. The summed E-state index contributed by atoms with van der Waals surface area (Å²) in [6.45, 7) is 8.40. The number of primary amides is 1. The zero-order valence-corrected chi connectivity index (χ0v) is 30.2. The van der Waals surface area contributed by atoms with Crippen LogP contribution >= 0.6 is 11.6 Å². The Morgan fingerprint density at radius 3 is 2.39 bits per heavy atom. The number of rotatable bonds is 9. The first kappa shape index (κ1) is 37.4.